The molecular formula is C26H21FN4OS. The van der Waals surface area contributed by atoms with Crippen molar-refractivity contribution in [2.45, 2.75) is 19.9 Å². The molecule has 0 amide bonds. The Kier molecular flexibility index (Phi) is 5.48. The maximum atomic E-state index is 14.1. The van der Waals surface area contributed by atoms with Crippen LogP contribution in [0.15, 0.2) is 89.1 Å². The summed E-state index contributed by atoms with van der Waals surface area (Å²) in [5.74, 6) is 0.518. The lowest BCUT2D eigenvalue weighted by atomic mass is 9.94. The molecule has 0 spiro atoms. The zero-order valence-corrected chi connectivity index (χ0v) is 18.9. The minimum absolute atomic E-state index is 0.325. The van der Waals surface area contributed by atoms with E-state index in [2.05, 4.69) is 10.5 Å². The van der Waals surface area contributed by atoms with Crippen LogP contribution in [0, 0.1) is 12.7 Å². The van der Waals surface area contributed by atoms with E-state index >= 15 is 0 Å². The summed E-state index contributed by atoms with van der Waals surface area (Å²) in [6, 6.07) is 23.7. The van der Waals surface area contributed by atoms with Gasteiger partial charge in [-0.1, -0.05) is 65.3 Å². The van der Waals surface area contributed by atoms with Gasteiger partial charge in [-0.05, 0) is 55.9 Å². The Morgan fingerprint density at radius 2 is 1.73 bits per heavy atom. The highest BCUT2D eigenvalue weighted by molar-refractivity contribution is 7.80. The molecule has 1 aliphatic heterocycles. The number of benzene rings is 3. The van der Waals surface area contributed by atoms with E-state index in [0.717, 1.165) is 33.6 Å². The summed E-state index contributed by atoms with van der Waals surface area (Å²) >= 11 is 5.71. The normalized spacial score (nSPS) is 16.2. The molecule has 0 radical (unpaired) electrons. The van der Waals surface area contributed by atoms with E-state index < -0.39 is 6.04 Å². The second kappa shape index (κ2) is 8.60. The van der Waals surface area contributed by atoms with Crippen molar-refractivity contribution in [2.24, 2.45) is 0 Å². The van der Waals surface area contributed by atoms with Crippen molar-refractivity contribution in [1.82, 2.24) is 15.5 Å². The molecule has 1 aliphatic rings. The smallest absolute Gasteiger partial charge is 0.258 e. The van der Waals surface area contributed by atoms with Crippen LogP contribution in [0.2, 0.25) is 0 Å². The molecule has 1 unspecified atom stereocenters. The van der Waals surface area contributed by atoms with Crippen LogP contribution in [0.1, 0.15) is 30.0 Å². The topological polar surface area (TPSA) is 54.2 Å². The third-order valence-electron chi connectivity index (χ3n) is 5.65. The average molecular weight is 457 g/mol. The maximum absolute atomic E-state index is 14.1. The van der Waals surface area contributed by atoms with Crippen molar-refractivity contribution in [1.29, 1.82) is 0 Å². The molecule has 1 N–H and O–H groups in total. The van der Waals surface area contributed by atoms with E-state index in [4.69, 9.17) is 21.7 Å². The number of aromatic nitrogens is 2. The zero-order valence-electron chi connectivity index (χ0n) is 18.1. The van der Waals surface area contributed by atoms with Gasteiger partial charge >= 0.3 is 0 Å². The third kappa shape index (κ3) is 4.03. The van der Waals surface area contributed by atoms with Gasteiger partial charge in [0.2, 0.25) is 5.82 Å². The van der Waals surface area contributed by atoms with Crippen LogP contribution in [0.25, 0.3) is 17.0 Å². The Morgan fingerprint density at radius 3 is 2.45 bits per heavy atom. The van der Waals surface area contributed by atoms with Gasteiger partial charge in [0.05, 0.1) is 11.6 Å². The first kappa shape index (κ1) is 21.0. The highest BCUT2D eigenvalue weighted by Crippen LogP contribution is 2.39. The van der Waals surface area contributed by atoms with Crippen molar-refractivity contribution < 1.29 is 8.91 Å². The van der Waals surface area contributed by atoms with Crippen molar-refractivity contribution in [3.05, 3.63) is 107 Å². The van der Waals surface area contributed by atoms with Crippen LogP contribution in [0.5, 0.6) is 0 Å². The molecular weight excluding hydrogens is 435 g/mol. The number of anilines is 1. The number of nitrogens with one attached hydrogen (secondary N) is 1. The van der Waals surface area contributed by atoms with Gasteiger partial charge in [0, 0.05) is 16.9 Å². The summed E-state index contributed by atoms with van der Waals surface area (Å²) in [7, 11) is 0. The van der Waals surface area contributed by atoms with E-state index in [1.807, 2.05) is 79.4 Å². The van der Waals surface area contributed by atoms with Crippen LogP contribution in [0.4, 0.5) is 10.1 Å². The first-order valence-corrected chi connectivity index (χ1v) is 10.9. The predicted octanol–water partition coefficient (Wildman–Crippen LogP) is 6.05. The fraction of sp³-hybridized carbons (Fsp3) is 0.115. The second-order valence-corrected chi connectivity index (χ2v) is 8.28. The van der Waals surface area contributed by atoms with Crippen LogP contribution >= 0.6 is 12.2 Å². The molecule has 0 saturated carbocycles. The van der Waals surface area contributed by atoms with E-state index in [9.17, 15) is 4.39 Å². The molecule has 164 valence electrons. The summed E-state index contributed by atoms with van der Waals surface area (Å²) in [6.45, 7) is 3.98. The fourth-order valence-corrected chi connectivity index (χ4v) is 4.36. The van der Waals surface area contributed by atoms with Crippen LogP contribution in [0.3, 0.4) is 0 Å². The van der Waals surface area contributed by atoms with Gasteiger partial charge < -0.3 is 9.84 Å². The SMILES string of the molecule is CC1=C(c2nc(-c3ccc(C)cc3)no2)C(c2cccc(F)c2)NC(=S)N1c1ccccc1. The molecule has 1 aromatic heterocycles. The van der Waals surface area contributed by atoms with Gasteiger partial charge in [-0.3, -0.25) is 4.90 Å². The largest absolute Gasteiger partial charge is 0.351 e. The van der Waals surface area contributed by atoms with Gasteiger partial charge in [-0.2, -0.15) is 4.98 Å². The molecule has 0 bridgehead atoms. The molecule has 5 nitrogen and oxygen atoms in total. The van der Waals surface area contributed by atoms with Crippen LogP contribution in [-0.2, 0) is 0 Å². The number of aryl methyl sites for hydroxylation is 1. The molecule has 5 rings (SSSR count). The molecule has 2 heterocycles. The number of para-hydroxylation sites is 1. The summed E-state index contributed by atoms with van der Waals surface area (Å²) in [4.78, 5) is 6.62. The highest BCUT2D eigenvalue weighted by atomic mass is 32.1. The second-order valence-electron chi connectivity index (χ2n) is 7.90. The number of thiocarbonyl (C=S) groups is 1. The van der Waals surface area contributed by atoms with Crippen LogP contribution < -0.4 is 10.2 Å². The maximum Gasteiger partial charge on any atom is 0.258 e. The Balaban J connectivity index is 1.66. The number of hydrogen-bond donors (Lipinski definition) is 1. The molecule has 1 atom stereocenters. The minimum atomic E-state index is -0.445. The van der Waals surface area contributed by atoms with Crippen molar-refractivity contribution in [2.75, 3.05) is 4.90 Å². The summed E-state index contributed by atoms with van der Waals surface area (Å²) < 4.78 is 19.8. The lowest BCUT2D eigenvalue weighted by molar-refractivity contribution is 0.404. The number of rotatable bonds is 4. The van der Waals surface area contributed by atoms with E-state index in [1.165, 1.54) is 12.1 Å². The number of halogens is 1. The quantitative estimate of drug-likeness (QED) is 0.377. The van der Waals surface area contributed by atoms with E-state index in [0.29, 0.717) is 16.8 Å². The average Bonchev–Trinajstić information content (AvgIpc) is 3.29. The lowest BCUT2D eigenvalue weighted by Crippen LogP contribution is -2.46. The minimum Gasteiger partial charge on any atom is -0.351 e. The summed E-state index contributed by atoms with van der Waals surface area (Å²) in [6.07, 6.45) is 0. The highest BCUT2D eigenvalue weighted by Gasteiger charge is 2.34. The van der Waals surface area contributed by atoms with Crippen LogP contribution in [-0.4, -0.2) is 15.3 Å². The van der Waals surface area contributed by atoms with Gasteiger partial charge in [0.15, 0.2) is 5.11 Å². The third-order valence-corrected chi connectivity index (χ3v) is 5.95. The standard InChI is InChI=1S/C26H21FN4OS/c1-16-11-13-18(14-12-16)24-29-25(32-30-24)22-17(2)31(21-9-4-3-5-10-21)26(33)28-23(22)19-7-6-8-20(27)15-19/h3-15,23H,1-2H3,(H,28,33). The Hall–Kier alpha value is -3.84. The fourth-order valence-electron chi connectivity index (χ4n) is 4.00. The molecule has 0 aliphatic carbocycles. The Bertz CT molecular complexity index is 1350. The van der Waals surface area contributed by atoms with E-state index in [-0.39, 0.29) is 5.82 Å². The molecule has 7 heteroatoms. The number of allylic oxidation sites excluding steroid dienone is 1. The van der Waals surface area contributed by atoms with Gasteiger partial charge in [-0.25, -0.2) is 4.39 Å². The van der Waals surface area contributed by atoms with Crippen molar-refractivity contribution in [3.8, 4) is 11.4 Å². The summed E-state index contributed by atoms with van der Waals surface area (Å²) in [5, 5.41) is 8.07. The number of hydrogen-bond acceptors (Lipinski definition) is 4. The Labute approximate surface area is 196 Å². The molecule has 33 heavy (non-hydrogen) atoms. The first-order chi connectivity index (χ1) is 16.0. The Morgan fingerprint density at radius 1 is 0.970 bits per heavy atom. The summed E-state index contributed by atoms with van der Waals surface area (Å²) in [5.41, 5.74) is 5.20. The molecule has 4 aromatic rings. The van der Waals surface area contributed by atoms with Gasteiger partial charge in [-0.15, -0.1) is 0 Å². The van der Waals surface area contributed by atoms with Gasteiger partial charge in [0.25, 0.3) is 5.89 Å². The predicted molar refractivity (Wildman–Crippen MR) is 131 cm³/mol. The lowest BCUT2D eigenvalue weighted by Gasteiger charge is -2.37. The molecule has 0 fully saturated rings. The van der Waals surface area contributed by atoms with Gasteiger partial charge in [0.1, 0.15) is 5.82 Å². The monoisotopic (exact) mass is 456 g/mol. The number of nitrogens with zero attached hydrogens (tertiary/aromatic N) is 3. The van der Waals surface area contributed by atoms with Crippen molar-refractivity contribution in [3.63, 3.8) is 0 Å². The molecule has 3 aromatic carbocycles. The first-order valence-electron chi connectivity index (χ1n) is 10.5. The van der Waals surface area contributed by atoms with E-state index in [1.54, 1.807) is 6.07 Å². The van der Waals surface area contributed by atoms with Crippen molar-refractivity contribution >= 4 is 28.6 Å². The molecule has 0 saturated heterocycles. The zero-order chi connectivity index (χ0) is 22.9.